The number of benzene rings is 1. The number of amides is 1. The fourth-order valence-electron chi connectivity index (χ4n) is 1.98. The van der Waals surface area contributed by atoms with Gasteiger partial charge in [0.05, 0.1) is 0 Å². The fourth-order valence-corrected chi connectivity index (χ4v) is 1.98. The number of anilines is 1. The minimum Gasteiger partial charge on any atom is -0.339 e. The van der Waals surface area contributed by atoms with E-state index in [-0.39, 0.29) is 12.3 Å². The van der Waals surface area contributed by atoms with Crippen LogP contribution in [0.5, 0.6) is 0 Å². The SMILES string of the molecule is O=C(CCc1nc(-c2ccncc2)no1)Nc1cccc(F)c1. The van der Waals surface area contributed by atoms with Crippen LogP contribution in [0.3, 0.4) is 0 Å². The van der Waals surface area contributed by atoms with Crippen LogP contribution in [0, 0.1) is 5.82 Å². The summed E-state index contributed by atoms with van der Waals surface area (Å²) in [6, 6.07) is 9.26. The number of carbonyl (C=O) groups excluding carboxylic acids is 1. The standard InChI is InChI=1S/C16H13FN4O2/c17-12-2-1-3-13(10-12)19-14(22)4-5-15-20-16(21-23-15)11-6-8-18-9-7-11/h1-3,6-10H,4-5H2,(H,19,22). The average Bonchev–Trinajstić information content (AvgIpc) is 3.03. The Morgan fingerprint density at radius 1 is 1.22 bits per heavy atom. The van der Waals surface area contributed by atoms with Crippen molar-refractivity contribution in [2.45, 2.75) is 12.8 Å². The first-order valence-corrected chi connectivity index (χ1v) is 6.99. The highest BCUT2D eigenvalue weighted by Crippen LogP contribution is 2.15. The van der Waals surface area contributed by atoms with Gasteiger partial charge in [-0.1, -0.05) is 11.2 Å². The highest BCUT2D eigenvalue weighted by molar-refractivity contribution is 5.90. The lowest BCUT2D eigenvalue weighted by atomic mass is 10.2. The molecule has 0 fully saturated rings. The molecule has 3 rings (SSSR count). The molecule has 0 saturated carbocycles. The molecular formula is C16H13FN4O2. The largest absolute Gasteiger partial charge is 0.339 e. The Bertz CT molecular complexity index is 805. The highest BCUT2D eigenvalue weighted by atomic mass is 19.1. The summed E-state index contributed by atoms with van der Waals surface area (Å²) in [6.45, 7) is 0. The lowest BCUT2D eigenvalue weighted by molar-refractivity contribution is -0.116. The van der Waals surface area contributed by atoms with Gasteiger partial charge < -0.3 is 9.84 Å². The molecule has 1 aromatic carbocycles. The van der Waals surface area contributed by atoms with Gasteiger partial charge >= 0.3 is 0 Å². The van der Waals surface area contributed by atoms with E-state index in [1.807, 2.05) is 0 Å². The second-order valence-electron chi connectivity index (χ2n) is 4.81. The lowest BCUT2D eigenvalue weighted by Crippen LogP contribution is -2.12. The number of pyridine rings is 1. The Hall–Kier alpha value is -3.09. The van der Waals surface area contributed by atoms with E-state index in [0.29, 0.717) is 23.8 Å². The van der Waals surface area contributed by atoms with Gasteiger partial charge in [0.15, 0.2) is 0 Å². The molecule has 23 heavy (non-hydrogen) atoms. The first-order chi connectivity index (χ1) is 11.2. The van der Waals surface area contributed by atoms with Crippen molar-refractivity contribution in [3.63, 3.8) is 0 Å². The summed E-state index contributed by atoms with van der Waals surface area (Å²) in [5, 5.41) is 6.48. The van der Waals surface area contributed by atoms with Crippen molar-refractivity contribution < 1.29 is 13.7 Å². The summed E-state index contributed by atoms with van der Waals surface area (Å²) in [7, 11) is 0. The first-order valence-electron chi connectivity index (χ1n) is 6.99. The smallest absolute Gasteiger partial charge is 0.227 e. The number of hydrogen-bond donors (Lipinski definition) is 1. The molecule has 1 N–H and O–H groups in total. The Labute approximate surface area is 131 Å². The van der Waals surface area contributed by atoms with Crippen molar-refractivity contribution in [3.05, 3.63) is 60.5 Å². The maximum absolute atomic E-state index is 13.0. The zero-order valence-corrected chi connectivity index (χ0v) is 12.1. The minimum atomic E-state index is -0.401. The van der Waals surface area contributed by atoms with E-state index in [1.54, 1.807) is 30.6 Å². The van der Waals surface area contributed by atoms with E-state index >= 15 is 0 Å². The molecule has 0 unspecified atom stereocenters. The Balaban J connectivity index is 1.56. The van der Waals surface area contributed by atoms with Gasteiger partial charge in [-0.2, -0.15) is 4.98 Å². The normalized spacial score (nSPS) is 10.5. The van der Waals surface area contributed by atoms with Gasteiger partial charge in [-0.3, -0.25) is 9.78 Å². The van der Waals surface area contributed by atoms with Crippen molar-refractivity contribution in [3.8, 4) is 11.4 Å². The maximum atomic E-state index is 13.0. The molecule has 1 amide bonds. The van der Waals surface area contributed by atoms with Crippen LogP contribution in [0.25, 0.3) is 11.4 Å². The van der Waals surface area contributed by atoms with Crippen LogP contribution in [0.1, 0.15) is 12.3 Å². The van der Waals surface area contributed by atoms with Gasteiger partial charge in [0.1, 0.15) is 5.82 Å². The molecule has 116 valence electrons. The summed E-state index contributed by atoms with van der Waals surface area (Å²) < 4.78 is 18.2. The Kier molecular flexibility index (Phi) is 4.37. The van der Waals surface area contributed by atoms with Crippen molar-refractivity contribution in [1.29, 1.82) is 0 Å². The number of carbonyl (C=O) groups is 1. The zero-order valence-electron chi connectivity index (χ0n) is 12.1. The summed E-state index contributed by atoms with van der Waals surface area (Å²) in [4.78, 5) is 20.0. The molecule has 0 bridgehead atoms. The number of rotatable bonds is 5. The van der Waals surface area contributed by atoms with Crippen molar-refractivity contribution >= 4 is 11.6 Å². The molecule has 0 aliphatic heterocycles. The molecule has 0 radical (unpaired) electrons. The second-order valence-corrected chi connectivity index (χ2v) is 4.81. The quantitative estimate of drug-likeness (QED) is 0.783. The molecule has 0 saturated heterocycles. The van der Waals surface area contributed by atoms with Crippen LogP contribution >= 0.6 is 0 Å². The van der Waals surface area contributed by atoms with Gasteiger partial charge in [-0.15, -0.1) is 0 Å². The zero-order chi connectivity index (χ0) is 16.1. The van der Waals surface area contributed by atoms with Crippen molar-refractivity contribution in [1.82, 2.24) is 15.1 Å². The van der Waals surface area contributed by atoms with E-state index in [9.17, 15) is 9.18 Å². The Morgan fingerprint density at radius 3 is 2.83 bits per heavy atom. The summed E-state index contributed by atoms with van der Waals surface area (Å²) >= 11 is 0. The number of halogens is 1. The van der Waals surface area contributed by atoms with Crippen LogP contribution in [0.15, 0.2) is 53.3 Å². The maximum Gasteiger partial charge on any atom is 0.227 e. The molecule has 6 nitrogen and oxygen atoms in total. The van der Waals surface area contributed by atoms with E-state index in [1.165, 1.54) is 18.2 Å². The van der Waals surface area contributed by atoms with Crippen LogP contribution < -0.4 is 5.32 Å². The molecule has 0 atom stereocenters. The third kappa shape index (κ3) is 3.97. The summed E-state index contributed by atoms with van der Waals surface area (Å²) in [5.74, 6) is 0.167. The predicted molar refractivity (Wildman–Crippen MR) is 80.9 cm³/mol. The Morgan fingerprint density at radius 2 is 2.04 bits per heavy atom. The minimum absolute atomic E-state index is 0.161. The monoisotopic (exact) mass is 312 g/mol. The van der Waals surface area contributed by atoms with E-state index in [0.717, 1.165) is 5.56 Å². The number of aromatic nitrogens is 3. The van der Waals surface area contributed by atoms with Crippen LogP contribution in [-0.4, -0.2) is 21.0 Å². The molecule has 0 spiro atoms. The van der Waals surface area contributed by atoms with E-state index in [2.05, 4.69) is 20.4 Å². The van der Waals surface area contributed by atoms with E-state index < -0.39 is 5.82 Å². The van der Waals surface area contributed by atoms with Crippen LogP contribution in [0.2, 0.25) is 0 Å². The van der Waals surface area contributed by atoms with Crippen LogP contribution in [-0.2, 0) is 11.2 Å². The van der Waals surface area contributed by atoms with Gasteiger partial charge in [-0.25, -0.2) is 4.39 Å². The number of hydrogen-bond acceptors (Lipinski definition) is 5. The van der Waals surface area contributed by atoms with Crippen molar-refractivity contribution in [2.75, 3.05) is 5.32 Å². The average molecular weight is 312 g/mol. The van der Waals surface area contributed by atoms with Gasteiger partial charge in [0, 0.05) is 36.5 Å². The molecular weight excluding hydrogens is 299 g/mol. The molecule has 7 heteroatoms. The topological polar surface area (TPSA) is 80.9 Å². The van der Waals surface area contributed by atoms with Gasteiger partial charge in [0.2, 0.25) is 17.6 Å². The third-order valence-electron chi connectivity index (χ3n) is 3.08. The third-order valence-corrected chi connectivity index (χ3v) is 3.08. The summed E-state index contributed by atoms with van der Waals surface area (Å²) in [6.07, 6.45) is 3.74. The number of nitrogens with zero attached hydrogens (tertiary/aromatic N) is 3. The highest BCUT2D eigenvalue weighted by Gasteiger charge is 2.11. The molecule has 2 aromatic heterocycles. The first kappa shape index (κ1) is 14.8. The summed E-state index contributed by atoms with van der Waals surface area (Å²) in [5.41, 5.74) is 1.21. The van der Waals surface area contributed by atoms with Gasteiger partial charge in [0.25, 0.3) is 0 Å². The van der Waals surface area contributed by atoms with Crippen molar-refractivity contribution in [2.24, 2.45) is 0 Å². The fraction of sp³-hybridized carbons (Fsp3) is 0.125. The molecule has 2 heterocycles. The van der Waals surface area contributed by atoms with E-state index in [4.69, 9.17) is 4.52 Å². The molecule has 3 aromatic rings. The van der Waals surface area contributed by atoms with Crippen LogP contribution in [0.4, 0.5) is 10.1 Å². The van der Waals surface area contributed by atoms with Gasteiger partial charge in [-0.05, 0) is 30.3 Å². The molecule has 0 aliphatic carbocycles. The number of aryl methyl sites for hydroxylation is 1. The second kappa shape index (κ2) is 6.78. The predicted octanol–water partition coefficient (Wildman–Crippen LogP) is 2.84. The number of nitrogens with one attached hydrogen (secondary N) is 1. The lowest BCUT2D eigenvalue weighted by Gasteiger charge is -2.03. The molecule has 0 aliphatic rings.